The van der Waals surface area contributed by atoms with Crippen molar-refractivity contribution in [2.45, 2.75) is 44.1 Å². The first-order valence-corrected chi connectivity index (χ1v) is 7.72. The number of rotatable bonds is 3. The minimum absolute atomic E-state index is 0.115. The second-order valence-electron chi connectivity index (χ2n) is 5.85. The molecule has 0 bridgehead atoms. The Morgan fingerprint density at radius 2 is 1.90 bits per heavy atom. The molecule has 2 N–H and O–H groups in total. The van der Waals surface area contributed by atoms with E-state index in [1.165, 1.54) is 19.0 Å². The molecule has 20 heavy (non-hydrogen) atoms. The van der Waals surface area contributed by atoms with Crippen molar-refractivity contribution < 1.29 is 4.79 Å². The predicted molar refractivity (Wildman–Crippen MR) is 80.0 cm³/mol. The zero-order chi connectivity index (χ0) is 14.2. The summed E-state index contributed by atoms with van der Waals surface area (Å²) in [7, 11) is 0. The van der Waals surface area contributed by atoms with Crippen LogP contribution >= 0.6 is 11.6 Å². The van der Waals surface area contributed by atoms with E-state index in [-0.39, 0.29) is 11.3 Å². The lowest BCUT2D eigenvalue weighted by Crippen LogP contribution is -2.51. The van der Waals surface area contributed by atoms with Crippen molar-refractivity contribution in [3.63, 3.8) is 0 Å². The molecule has 108 valence electrons. The molecule has 0 unspecified atom stereocenters. The van der Waals surface area contributed by atoms with Gasteiger partial charge in [0.1, 0.15) is 5.82 Å². The number of nitrogens with two attached hydrogens (primary N) is 1. The summed E-state index contributed by atoms with van der Waals surface area (Å²) in [5, 5.41) is 0.470. The molecule has 3 rings (SSSR count). The maximum absolute atomic E-state index is 13.1. The molecule has 5 heteroatoms. The number of carbonyl (C=O) groups is 1. The van der Waals surface area contributed by atoms with Crippen LogP contribution in [0.2, 0.25) is 5.02 Å². The van der Waals surface area contributed by atoms with Gasteiger partial charge in [-0.15, -0.1) is 0 Å². The second-order valence-corrected chi connectivity index (χ2v) is 6.28. The van der Waals surface area contributed by atoms with E-state index in [0.717, 1.165) is 38.8 Å². The highest BCUT2D eigenvalue weighted by molar-refractivity contribution is 6.31. The first kappa shape index (κ1) is 13.8. The van der Waals surface area contributed by atoms with Gasteiger partial charge in [-0.25, -0.2) is 4.98 Å². The maximum Gasteiger partial charge on any atom is 0.186 e. The van der Waals surface area contributed by atoms with Gasteiger partial charge in [-0.1, -0.05) is 24.4 Å². The first-order valence-electron chi connectivity index (χ1n) is 7.34. The highest BCUT2D eigenvalue weighted by Crippen LogP contribution is 2.40. The summed E-state index contributed by atoms with van der Waals surface area (Å²) in [5.41, 5.74) is 6.03. The van der Waals surface area contributed by atoms with Gasteiger partial charge in [-0.05, 0) is 44.8 Å². The van der Waals surface area contributed by atoms with Crippen LogP contribution in [0, 0.1) is 0 Å². The number of aromatic nitrogens is 1. The van der Waals surface area contributed by atoms with Crippen LogP contribution in [0.3, 0.4) is 0 Å². The number of anilines is 1. The van der Waals surface area contributed by atoms with Crippen LogP contribution in [0.5, 0.6) is 0 Å². The van der Waals surface area contributed by atoms with Crippen molar-refractivity contribution in [1.29, 1.82) is 0 Å². The van der Waals surface area contributed by atoms with E-state index in [4.69, 9.17) is 17.3 Å². The van der Waals surface area contributed by atoms with Crippen molar-refractivity contribution in [2.75, 3.05) is 18.8 Å². The summed E-state index contributed by atoms with van der Waals surface area (Å²) >= 11 is 5.99. The van der Waals surface area contributed by atoms with Crippen molar-refractivity contribution in [3.8, 4) is 0 Å². The number of nitrogen functional groups attached to an aromatic ring is 1. The SMILES string of the molecule is Nc1ncc(Cl)cc1C(=O)C1(N2CCCC2)CCCC1. The molecule has 1 aromatic rings. The maximum atomic E-state index is 13.1. The summed E-state index contributed by atoms with van der Waals surface area (Å²) in [4.78, 5) is 19.5. The third-order valence-corrected chi connectivity index (χ3v) is 4.90. The molecule has 2 fully saturated rings. The number of ketones is 1. The van der Waals surface area contributed by atoms with Crippen LogP contribution in [0.15, 0.2) is 12.3 Å². The molecule has 1 saturated heterocycles. The summed E-state index contributed by atoms with van der Waals surface area (Å²) in [6.07, 6.45) is 7.92. The van der Waals surface area contributed by atoms with E-state index in [1.54, 1.807) is 6.07 Å². The number of Topliss-reactive ketones (excluding diaryl/α,β-unsaturated/α-hetero) is 1. The molecule has 0 aromatic carbocycles. The Hall–Kier alpha value is -1.13. The lowest BCUT2D eigenvalue weighted by molar-refractivity contribution is 0.0627. The molecule has 0 radical (unpaired) electrons. The molecule has 0 spiro atoms. The van der Waals surface area contributed by atoms with Gasteiger partial charge < -0.3 is 5.73 Å². The average Bonchev–Trinajstić information content (AvgIpc) is 3.11. The van der Waals surface area contributed by atoms with Gasteiger partial charge >= 0.3 is 0 Å². The Bertz CT molecular complexity index is 520. The van der Waals surface area contributed by atoms with Gasteiger partial charge in [-0.3, -0.25) is 9.69 Å². The number of hydrogen-bond donors (Lipinski definition) is 1. The molecule has 1 aromatic heterocycles. The monoisotopic (exact) mass is 293 g/mol. The highest BCUT2D eigenvalue weighted by Gasteiger charge is 2.47. The number of pyridine rings is 1. The van der Waals surface area contributed by atoms with Crippen molar-refractivity contribution >= 4 is 23.2 Å². The molecule has 0 atom stereocenters. The van der Waals surface area contributed by atoms with E-state index in [9.17, 15) is 4.79 Å². The lowest BCUT2D eigenvalue weighted by atomic mass is 9.86. The smallest absolute Gasteiger partial charge is 0.186 e. The van der Waals surface area contributed by atoms with E-state index < -0.39 is 0 Å². The second kappa shape index (κ2) is 5.34. The van der Waals surface area contributed by atoms with Crippen LogP contribution in [-0.2, 0) is 0 Å². The molecular formula is C15H20ClN3O. The minimum atomic E-state index is -0.364. The number of hydrogen-bond acceptors (Lipinski definition) is 4. The minimum Gasteiger partial charge on any atom is -0.383 e. The fourth-order valence-corrected chi connectivity index (χ4v) is 3.83. The van der Waals surface area contributed by atoms with Crippen molar-refractivity contribution in [2.24, 2.45) is 0 Å². The number of carbonyl (C=O) groups excluding carboxylic acids is 1. The lowest BCUT2D eigenvalue weighted by Gasteiger charge is -2.37. The zero-order valence-corrected chi connectivity index (χ0v) is 12.3. The van der Waals surface area contributed by atoms with Gasteiger partial charge in [0.05, 0.1) is 16.1 Å². The predicted octanol–water partition coefficient (Wildman–Crippen LogP) is 2.91. The molecule has 1 saturated carbocycles. The Morgan fingerprint density at radius 3 is 2.55 bits per heavy atom. The Labute approximate surface area is 124 Å². The van der Waals surface area contributed by atoms with Crippen LogP contribution in [0.4, 0.5) is 5.82 Å². The fraction of sp³-hybridized carbons (Fsp3) is 0.600. The van der Waals surface area contributed by atoms with Crippen LogP contribution in [0.1, 0.15) is 48.9 Å². The number of likely N-dealkylation sites (tertiary alicyclic amines) is 1. The van der Waals surface area contributed by atoms with E-state index in [0.29, 0.717) is 16.4 Å². The quantitative estimate of drug-likeness (QED) is 0.871. The van der Waals surface area contributed by atoms with Crippen molar-refractivity contribution in [1.82, 2.24) is 9.88 Å². The Balaban J connectivity index is 1.99. The molecule has 1 aliphatic heterocycles. The number of nitrogens with zero attached hydrogens (tertiary/aromatic N) is 2. The molecule has 2 aliphatic rings. The Morgan fingerprint density at radius 1 is 1.25 bits per heavy atom. The van der Waals surface area contributed by atoms with Crippen LogP contribution in [-0.4, -0.2) is 34.3 Å². The average molecular weight is 294 g/mol. The topological polar surface area (TPSA) is 59.2 Å². The van der Waals surface area contributed by atoms with Gasteiger partial charge in [0.15, 0.2) is 5.78 Å². The summed E-state index contributed by atoms with van der Waals surface area (Å²) in [6.45, 7) is 2.03. The van der Waals surface area contributed by atoms with Crippen molar-refractivity contribution in [3.05, 3.63) is 22.8 Å². The van der Waals surface area contributed by atoms with E-state index >= 15 is 0 Å². The molecule has 1 aliphatic carbocycles. The van der Waals surface area contributed by atoms with Gasteiger partial charge in [0.2, 0.25) is 0 Å². The zero-order valence-electron chi connectivity index (χ0n) is 11.6. The van der Waals surface area contributed by atoms with E-state index in [2.05, 4.69) is 9.88 Å². The molecule has 0 amide bonds. The summed E-state index contributed by atoms with van der Waals surface area (Å²) in [6, 6.07) is 1.67. The molecule has 4 nitrogen and oxygen atoms in total. The first-order chi connectivity index (χ1) is 9.63. The summed E-state index contributed by atoms with van der Waals surface area (Å²) < 4.78 is 0. The van der Waals surface area contributed by atoms with Gasteiger partial charge in [0, 0.05) is 6.20 Å². The third kappa shape index (κ3) is 2.21. The van der Waals surface area contributed by atoms with Gasteiger partial charge in [-0.2, -0.15) is 0 Å². The molecule has 2 heterocycles. The fourth-order valence-electron chi connectivity index (χ4n) is 3.67. The normalized spacial score (nSPS) is 22.2. The highest BCUT2D eigenvalue weighted by atomic mass is 35.5. The standard InChI is InChI=1S/C15H20ClN3O/c16-11-9-12(14(17)18-10-11)13(20)15(5-1-2-6-15)19-7-3-4-8-19/h9-10H,1-8H2,(H2,17,18). The molecular weight excluding hydrogens is 274 g/mol. The summed E-state index contributed by atoms with van der Waals surface area (Å²) in [5.74, 6) is 0.411. The van der Waals surface area contributed by atoms with Crippen LogP contribution in [0.25, 0.3) is 0 Å². The number of halogens is 1. The Kier molecular flexibility index (Phi) is 3.69. The van der Waals surface area contributed by atoms with Crippen LogP contribution < -0.4 is 5.73 Å². The third-order valence-electron chi connectivity index (χ3n) is 4.69. The van der Waals surface area contributed by atoms with E-state index in [1.807, 2.05) is 0 Å². The van der Waals surface area contributed by atoms with Gasteiger partial charge in [0.25, 0.3) is 0 Å². The largest absolute Gasteiger partial charge is 0.383 e.